The maximum absolute atomic E-state index is 7.27. The van der Waals surface area contributed by atoms with E-state index in [1.54, 1.807) is 24.4 Å². The predicted octanol–water partition coefficient (Wildman–Crippen LogP) is -0.0887. The Kier molecular flexibility index (Phi) is 2.80. The third-order valence-corrected chi connectivity index (χ3v) is 1.18. The maximum Gasteiger partial charge on any atom is 0.200 e. The third kappa shape index (κ3) is 3.19. The van der Waals surface area contributed by atoms with Crippen LogP contribution in [0, 0.1) is 10.8 Å². The molecule has 0 bridgehead atoms. The van der Waals surface area contributed by atoms with Gasteiger partial charge >= 0.3 is 0 Å². The summed E-state index contributed by atoms with van der Waals surface area (Å²) in [5, 5.41) is 19.0. The number of nitrogens with zero attached hydrogens (tertiary/aromatic N) is 1. The summed E-state index contributed by atoms with van der Waals surface area (Å²) in [4.78, 5) is 3.92. The summed E-state index contributed by atoms with van der Waals surface area (Å²) in [5.41, 5.74) is 5.02. The third-order valence-electron chi connectivity index (χ3n) is 1.18. The lowest BCUT2D eigenvalue weighted by molar-refractivity contribution is 1.19. The van der Waals surface area contributed by atoms with Crippen LogP contribution in [-0.4, -0.2) is 16.9 Å². The number of rotatable bonds is 1. The zero-order valence-corrected chi connectivity index (χ0v) is 6.83. The van der Waals surface area contributed by atoms with Gasteiger partial charge in [-0.3, -0.25) is 16.1 Å². The van der Waals surface area contributed by atoms with Crippen molar-refractivity contribution in [2.24, 2.45) is 5.73 Å². The molecule has 0 radical (unpaired) electrons. The van der Waals surface area contributed by atoms with Crippen molar-refractivity contribution in [3.63, 3.8) is 0 Å². The second-order valence-electron chi connectivity index (χ2n) is 2.25. The number of nitrogens with one attached hydrogen (secondary N) is 4. The first-order valence-electron chi connectivity index (χ1n) is 3.56. The Bertz CT molecular complexity index is 306. The summed E-state index contributed by atoms with van der Waals surface area (Å²) >= 11 is 0. The van der Waals surface area contributed by atoms with Gasteiger partial charge in [-0.05, 0) is 12.1 Å². The molecule has 0 atom stereocenters. The Morgan fingerprint density at radius 3 is 2.69 bits per heavy atom. The summed E-state index contributed by atoms with van der Waals surface area (Å²) in [5.74, 6) is 0.167. The molecule has 0 spiro atoms. The summed E-state index contributed by atoms with van der Waals surface area (Å²) in [6.45, 7) is 0. The summed E-state index contributed by atoms with van der Waals surface area (Å²) in [6, 6.07) is 5.26. The van der Waals surface area contributed by atoms with Crippen molar-refractivity contribution in [1.82, 2.24) is 10.3 Å². The molecule has 0 aliphatic heterocycles. The van der Waals surface area contributed by atoms with Crippen LogP contribution in [0.25, 0.3) is 0 Å². The normalized spacial score (nSPS) is 8.92. The van der Waals surface area contributed by atoms with Crippen LogP contribution in [0.1, 0.15) is 0 Å². The van der Waals surface area contributed by atoms with Crippen LogP contribution in [0.5, 0.6) is 0 Å². The minimum Gasteiger partial charge on any atom is -0.370 e. The van der Waals surface area contributed by atoms with Crippen molar-refractivity contribution >= 4 is 17.7 Å². The van der Waals surface area contributed by atoms with E-state index in [9.17, 15) is 0 Å². The number of hydrogen-bond acceptors (Lipinski definition) is 3. The van der Waals surface area contributed by atoms with Gasteiger partial charge in [0.25, 0.3) is 0 Å². The summed E-state index contributed by atoms with van der Waals surface area (Å²) in [6.07, 6.45) is 1.60. The van der Waals surface area contributed by atoms with Crippen molar-refractivity contribution in [3.05, 3.63) is 24.4 Å². The van der Waals surface area contributed by atoms with Gasteiger partial charge in [0.05, 0.1) is 0 Å². The summed E-state index contributed by atoms with van der Waals surface area (Å²) < 4.78 is 0. The highest BCUT2D eigenvalue weighted by molar-refractivity contribution is 6.01. The Balaban J connectivity index is 2.50. The average Bonchev–Trinajstić information content (AvgIpc) is 2.04. The highest BCUT2D eigenvalue weighted by atomic mass is 15.2. The van der Waals surface area contributed by atoms with E-state index in [4.69, 9.17) is 16.6 Å². The van der Waals surface area contributed by atoms with E-state index in [-0.39, 0.29) is 11.9 Å². The Morgan fingerprint density at radius 2 is 2.15 bits per heavy atom. The van der Waals surface area contributed by atoms with Crippen molar-refractivity contribution in [3.8, 4) is 0 Å². The van der Waals surface area contributed by atoms with Crippen LogP contribution in [0.15, 0.2) is 24.4 Å². The minimum atomic E-state index is -0.284. The number of anilines is 1. The van der Waals surface area contributed by atoms with Gasteiger partial charge in [-0.25, -0.2) is 4.98 Å². The molecule has 0 unspecified atom stereocenters. The topological polar surface area (TPSA) is 111 Å². The second-order valence-corrected chi connectivity index (χ2v) is 2.25. The first-order chi connectivity index (χ1) is 6.18. The van der Waals surface area contributed by atoms with Gasteiger partial charge in [-0.15, -0.1) is 0 Å². The SMILES string of the molecule is N=C(N)NC(=N)Nc1ccccn1. The van der Waals surface area contributed by atoms with Crippen molar-refractivity contribution in [2.45, 2.75) is 0 Å². The minimum absolute atomic E-state index is 0.0776. The smallest absolute Gasteiger partial charge is 0.200 e. The van der Waals surface area contributed by atoms with Crippen LogP contribution in [0.3, 0.4) is 0 Å². The van der Waals surface area contributed by atoms with Crippen LogP contribution in [0.4, 0.5) is 5.82 Å². The maximum atomic E-state index is 7.27. The first kappa shape index (κ1) is 8.98. The van der Waals surface area contributed by atoms with Gasteiger partial charge in [0.1, 0.15) is 5.82 Å². The number of guanidine groups is 2. The van der Waals surface area contributed by atoms with Gasteiger partial charge in [0.2, 0.25) is 5.96 Å². The zero-order valence-electron chi connectivity index (χ0n) is 6.83. The molecule has 0 saturated heterocycles. The van der Waals surface area contributed by atoms with E-state index in [2.05, 4.69) is 15.6 Å². The molecule has 0 aromatic carbocycles. The Morgan fingerprint density at radius 1 is 1.38 bits per heavy atom. The van der Waals surface area contributed by atoms with Crippen molar-refractivity contribution in [2.75, 3.05) is 5.32 Å². The highest BCUT2D eigenvalue weighted by Crippen LogP contribution is 1.97. The fourth-order valence-corrected chi connectivity index (χ4v) is 0.731. The molecular weight excluding hydrogens is 168 g/mol. The Labute approximate surface area is 75.2 Å². The predicted molar refractivity (Wildman–Crippen MR) is 50.6 cm³/mol. The van der Waals surface area contributed by atoms with E-state index in [0.717, 1.165) is 0 Å². The molecule has 0 aliphatic rings. The number of hydrogen-bond donors (Lipinski definition) is 5. The van der Waals surface area contributed by atoms with Crippen LogP contribution < -0.4 is 16.4 Å². The number of aromatic nitrogens is 1. The fourth-order valence-electron chi connectivity index (χ4n) is 0.731. The molecule has 1 rings (SSSR count). The molecule has 1 heterocycles. The quantitative estimate of drug-likeness (QED) is 0.305. The summed E-state index contributed by atoms with van der Waals surface area (Å²) in [7, 11) is 0. The average molecular weight is 178 g/mol. The molecule has 1 aromatic heterocycles. The molecule has 0 saturated carbocycles. The van der Waals surface area contributed by atoms with Crippen LogP contribution in [0.2, 0.25) is 0 Å². The van der Waals surface area contributed by atoms with E-state index in [1.165, 1.54) is 0 Å². The van der Waals surface area contributed by atoms with Gasteiger partial charge in [0, 0.05) is 6.20 Å². The molecular formula is C7H10N6. The second kappa shape index (κ2) is 4.05. The van der Waals surface area contributed by atoms with E-state index >= 15 is 0 Å². The molecule has 6 heteroatoms. The fraction of sp³-hybridized carbons (Fsp3) is 0. The molecule has 68 valence electrons. The van der Waals surface area contributed by atoms with E-state index < -0.39 is 0 Å². The van der Waals surface area contributed by atoms with Crippen molar-refractivity contribution in [1.29, 1.82) is 10.8 Å². The van der Waals surface area contributed by atoms with Crippen LogP contribution in [-0.2, 0) is 0 Å². The molecule has 0 amide bonds. The van der Waals surface area contributed by atoms with E-state index in [1.807, 2.05) is 0 Å². The van der Waals surface area contributed by atoms with Gasteiger partial charge in [0.15, 0.2) is 5.96 Å². The lowest BCUT2D eigenvalue weighted by Gasteiger charge is -2.06. The first-order valence-corrected chi connectivity index (χ1v) is 3.56. The lowest BCUT2D eigenvalue weighted by Crippen LogP contribution is -2.39. The van der Waals surface area contributed by atoms with Crippen LogP contribution >= 0.6 is 0 Å². The molecule has 13 heavy (non-hydrogen) atoms. The van der Waals surface area contributed by atoms with Gasteiger partial charge in [-0.1, -0.05) is 6.07 Å². The molecule has 0 fully saturated rings. The largest absolute Gasteiger partial charge is 0.370 e. The lowest BCUT2D eigenvalue weighted by atomic mass is 10.5. The standard InChI is InChI=1S/C7H10N6/c8-6(9)13-7(10)12-5-3-1-2-4-11-5/h1-4H,(H6,8,9,10,11,12,13). The number of nitrogens with two attached hydrogens (primary N) is 1. The molecule has 6 N–H and O–H groups in total. The molecule has 1 aromatic rings. The Hall–Kier alpha value is -2.11. The molecule has 6 nitrogen and oxygen atoms in total. The van der Waals surface area contributed by atoms with E-state index in [0.29, 0.717) is 5.82 Å². The monoisotopic (exact) mass is 178 g/mol. The van der Waals surface area contributed by atoms with Gasteiger partial charge < -0.3 is 11.1 Å². The van der Waals surface area contributed by atoms with Gasteiger partial charge in [-0.2, -0.15) is 0 Å². The van der Waals surface area contributed by atoms with Crippen molar-refractivity contribution < 1.29 is 0 Å². The highest BCUT2D eigenvalue weighted by Gasteiger charge is 1.97. The number of pyridine rings is 1. The zero-order chi connectivity index (χ0) is 9.68. The molecule has 0 aliphatic carbocycles.